The second-order valence-electron chi connectivity index (χ2n) is 7.23. The summed E-state index contributed by atoms with van der Waals surface area (Å²) in [7, 11) is -3.82. The summed E-state index contributed by atoms with van der Waals surface area (Å²) in [6, 6.07) is 18.8. The van der Waals surface area contributed by atoms with Crippen LogP contribution >= 0.6 is 0 Å². The Morgan fingerprint density at radius 3 is 2.41 bits per heavy atom. The first-order chi connectivity index (χ1) is 15.4. The molecule has 0 saturated heterocycles. The number of aromatic nitrogens is 2. The second kappa shape index (κ2) is 9.19. The summed E-state index contributed by atoms with van der Waals surface area (Å²) in [5, 5.41) is 2.86. The molecular weight excluding hydrogens is 431 g/mol. The van der Waals surface area contributed by atoms with Crippen LogP contribution in [0.5, 0.6) is 0 Å². The molecule has 7 nitrogen and oxygen atoms in total. The van der Waals surface area contributed by atoms with Gasteiger partial charge in [0.25, 0.3) is 10.0 Å². The van der Waals surface area contributed by atoms with Gasteiger partial charge >= 0.3 is 0 Å². The fourth-order valence-electron chi connectivity index (χ4n) is 3.21. The highest BCUT2D eigenvalue weighted by molar-refractivity contribution is 7.92. The van der Waals surface area contributed by atoms with Crippen molar-refractivity contribution in [3.8, 4) is 0 Å². The number of para-hydroxylation sites is 2. The molecule has 0 saturated carbocycles. The van der Waals surface area contributed by atoms with Gasteiger partial charge in [0.1, 0.15) is 11.6 Å². The van der Waals surface area contributed by atoms with Gasteiger partial charge in [-0.3, -0.25) is 9.52 Å². The van der Waals surface area contributed by atoms with Crippen molar-refractivity contribution in [2.24, 2.45) is 0 Å². The van der Waals surface area contributed by atoms with Crippen molar-refractivity contribution in [1.82, 2.24) is 15.3 Å². The van der Waals surface area contributed by atoms with E-state index in [4.69, 9.17) is 0 Å². The molecule has 0 aliphatic rings. The third-order valence-corrected chi connectivity index (χ3v) is 6.21. The Hall–Kier alpha value is -3.72. The number of hydrogen-bond acceptors (Lipinski definition) is 4. The topological polar surface area (TPSA) is 104 Å². The third-order valence-electron chi connectivity index (χ3n) is 4.82. The van der Waals surface area contributed by atoms with Gasteiger partial charge in [0.05, 0.1) is 22.3 Å². The van der Waals surface area contributed by atoms with E-state index in [0.717, 1.165) is 34.6 Å². The quantitative estimate of drug-likeness (QED) is 0.381. The van der Waals surface area contributed by atoms with Crippen molar-refractivity contribution in [3.05, 3.63) is 90.0 Å². The molecule has 3 N–H and O–H groups in total. The zero-order chi connectivity index (χ0) is 22.6. The molecule has 1 aromatic heterocycles. The van der Waals surface area contributed by atoms with E-state index in [1.54, 1.807) is 24.3 Å². The molecule has 164 valence electrons. The maximum Gasteiger partial charge on any atom is 0.261 e. The number of sulfonamides is 1. The zero-order valence-corrected chi connectivity index (χ0v) is 17.8. The van der Waals surface area contributed by atoms with Gasteiger partial charge in [0.15, 0.2) is 0 Å². The van der Waals surface area contributed by atoms with E-state index in [0.29, 0.717) is 18.7 Å². The minimum Gasteiger partial charge on any atom is -0.355 e. The predicted molar refractivity (Wildman–Crippen MR) is 120 cm³/mol. The monoisotopic (exact) mass is 452 g/mol. The molecule has 0 unspecified atom stereocenters. The number of aromatic amines is 1. The number of hydrogen-bond donors (Lipinski definition) is 3. The molecule has 0 bridgehead atoms. The number of benzene rings is 3. The van der Waals surface area contributed by atoms with Crippen LogP contribution in [0.2, 0.25) is 0 Å². The van der Waals surface area contributed by atoms with Crippen LogP contribution < -0.4 is 10.0 Å². The van der Waals surface area contributed by atoms with Crippen LogP contribution in [0.4, 0.5) is 10.1 Å². The first-order valence-electron chi connectivity index (χ1n) is 9.97. The summed E-state index contributed by atoms with van der Waals surface area (Å²) in [4.78, 5) is 19.9. The minimum absolute atomic E-state index is 0.0354. The average molecular weight is 453 g/mol. The Kier molecular flexibility index (Phi) is 6.18. The van der Waals surface area contributed by atoms with Gasteiger partial charge in [0.2, 0.25) is 5.91 Å². The van der Waals surface area contributed by atoms with Crippen LogP contribution in [0, 0.1) is 5.82 Å². The van der Waals surface area contributed by atoms with Crippen LogP contribution in [0.1, 0.15) is 11.4 Å². The number of nitrogens with zero attached hydrogens (tertiary/aromatic N) is 1. The fourth-order valence-corrected chi connectivity index (χ4v) is 4.27. The Morgan fingerprint density at radius 2 is 1.69 bits per heavy atom. The highest BCUT2D eigenvalue weighted by Gasteiger charge is 2.14. The molecule has 4 rings (SSSR count). The Labute approximate surface area is 184 Å². The zero-order valence-electron chi connectivity index (χ0n) is 17.0. The number of nitrogens with one attached hydrogen (secondary N) is 3. The molecule has 0 atom stereocenters. The van der Waals surface area contributed by atoms with Gasteiger partial charge in [-0.05, 0) is 54.1 Å². The molecule has 0 spiro atoms. The number of rotatable bonds is 8. The molecule has 4 aromatic rings. The lowest BCUT2D eigenvalue weighted by atomic mass is 10.1. The number of halogens is 1. The van der Waals surface area contributed by atoms with Gasteiger partial charge in [-0.2, -0.15) is 0 Å². The van der Waals surface area contributed by atoms with Crippen LogP contribution in [-0.4, -0.2) is 30.8 Å². The van der Waals surface area contributed by atoms with Gasteiger partial charge in [-0.25, -0.2) is 17.8 Å². The number of fused-ring (bicyclic) bond motifs is 1. The first-order valence-corrected chi connectivity index (χ1v) is 11.4. The molecule has 9 heteroatoms. The van der Waals surface area contributed by atoms with E-state index >= 15 is 0 Å². The van der Waals surface area contributed by atoms with E-state index in [-0.39, 0.29) is 17.2 Å². The lowest BCUT2D eigenvalue weighted by Gasteiger charge is -2.09. The molecule has 0 aliphatic carbocycles. The van der Waals surface area contributed by atoms with Gasteiger partial charge in [0, 0.05) is 18.7 Å². The molecular formula is C23H21FN4O3S. The molecule has 1 heterocycles. The number of carbonyl (C=O) groups excluding carboxylic acids is 1. The van der Waals surface area contributed by atoms with E-state index in [1.165, 1.54) is 12.1 Å². The lowest BCUT2D eigenvalue weighted by Crippen LogP contribution is -2.27. The molecule has 3 aromatic carbocycles. The number of anilines is 1. The summed E-state index contributed by atoms with van der Waals surface area (Å²) in [5.41, 5.74) is 2.95. The van der Waals surface area contributed by atoms with Crippen LogP contribution in [0.25, 0.3) is 11.0 Å². The number of H-pyrrole nitrogens is 1. The van der Waals surface area contributed by atoms with Crippen LogP contribution in [0.15, 0.2) is 77.7 Å². The molecule has 1 amide bonds. The summed E-state index contributed by atoms with van der Waals surface area (Å²) >= 11 is 0. The Morgan fingerprint density at radius 1 is 0.969 bits per heavy atom. The normalized spacial score (nSPS) is 11.4. The van der Waals surface area contributed by atoms with Crippen molar-refractivity contribution >= 4 is 32.7 Å². The third kappa shape index (κ3) is 5.30. The van der Waals surface area contributed by atoms with E-state index in [1.807, 2.05) is 24.3 Å². The molecule has 0 fully saturated rings. The van der Waals surface area contributed by atoms with Gasteiger partial charge in [-0.15, -0.1) is 0 Å². The Bertz CT molecular complexity index is 1300. The highest BCUT2D eigenvalue weighted by Crippen LogP contribution is 2.17. The molecule has 32 heavy (non-hydrogen) atoms. The first kappa shape index (κ1) is 21.5. The van der Waals surface area contributed by atoms with Crippen LogP contribution in [0.3, 0.4) is 0 Å². The predicted octanol–water partition coefficient (Wildman–Crippen LogP) is 3.40. The van der Waals surface area contributed by atoms with Crippen LogP contribution in [-0.2, 0) is 27.7 Å². The number of imidazole rings is 1. The standard InChI is InChI=1S/C23H21FN4O3S/c24-17-7-11-19(12-8-17)32(30,31)28-18-9-5-16(6-10-18)15-23(29)25-14-13-22-26-20-3-1-2-4-21(20)27-22/h1-12,28H,13-15H2,(H,25,29)(H,26,27). The van der Waals surface area contributed by atoms with Crippen molar-refractivity contribution in [1.29, 1.82) is 0 Å². The molecule has 0 aliphatic heterocycles. The minimum atomic E-state index is -3.82. The van der Waals surface area contributed by atoms with E-state index < -0.39 is 15.8 Å². The second-order valence-corrected chi connectivity index (χ2v) is 8.92. The summed E-state index contributed by atoms with van der Waals surface area (Å²) in [6.07, 6.45) is 0.760. The summed E-state index contributed by atoms with van der Waals surface area (Å²) < 4.78 is 40.2. The van der Waals surface area contributed by atoms with E-state index in [2.05, 4.69) is 20.0 Å². The summed E-state index contributed by atoms with van der Waals surface area (Å²) in [6.45, 7) is 0.453. The average Bonchev–Trinajstić information content (AvgIpc) is 3.18. The maximum atomic E-state index is 13.0. The lowest BCUT2D eigenvalue weighted by molar-refractivity contribution is -0.120. The van der Waals surface area contributed by atoms with Crippen molar-refractivity contribution in [3.63, 3.8) is 0 Å². The maximum absolute atomic E-state index is 13.0. The van der Waals surface area contributed by atoms with Crippen molar-refractivity contribution in [2.45, 2.75) is 17.7 Å². The highest BCUT2D eigenvalue weighted by atomic mass is 32.2. The van der Waals surface area contributed by atoms with Crippen molar-refractivity contribution < 1.29 is 17.6 Å². The fraction of sp³-hybridized carbons (Fsp3) is 0.130. The van der Waals surface area contributed by atoms with E-state index in [9.17, 15) is 17.6 Å². The van der Waals surface area contributed by atoms with Gasteiger partial charge in [-0.1, -0.05) is 24.3 Å². The smallest absolute Gasteiger partial charge is 0.261 e. The summed E-state index contributed by atoms with van der Waals surface area (Å²) in [5.74, 6) is 0.161. The number of amides is 1. The van der Waals surface area contributed by atoms with Crippen molar-refractivity contribution in [2.75, 3.05) is 11.3 Å². The van der Waals surface area contributed by atoms with Gasteiger partial charge < -0.3 is 10.3 Å². The molecule has 0 radical (unpaired) electrons. The SMILES string of the molecule is O=C(Cc1ccc(NS(=O)(=O)c2ccc(F)cc2)cc1)NCCc1nc2ccccc2[nH]1. The Balaban J connectivity index is 1.28. The largest absolute Gasteiger partial charge is 0.355 e. The number of carbonyl (C=O) groups is 1.